The number of aromatic nitrogens is 1. The molecule has 2 aliphatic heterocycles. The molecule has 1 aromatic rings. The molecule has 1 aromatic heterocycles. The van der Waals surface area contributed by atoms with Gasteiger partial charge in [-0.15, -0.1) is 0 Å². The molecule has 3 heterocycles. The van der Waals surface area contributed by atoms with E-state index in [1.54, 1.807) is 0 Å². The molecule has 1 spiro atoms. The first-order valence-electron chi connectivity index (χ1n) is 7.63. The van der Waals surface area contributed by atoms with Crippen molar-refractivity contribution >= 4 is 5.91 Å². The second-order valence-corrected chi connectivity index (χ2v) is 5.84. The summed E-state index contributed by atoms with van der Waals surface area (Å²) in [5.74, 6) is -1.03. The van der Waals surface area contributed by atoms with Crippen LogP contribution >= 0.6 is 0 Å². The highest BCUT2D eigenvalue weighted by Gasteiger charge is 2.41. The Morgan fingerprint density at radius 2 is 1.83 bits per heavy atom. The summed E-state index contributed by atoms with van der Waals surface area (Å²) in [4.78, 5) is 25.7. The van der Waals surface area contributed by atoms with Crippen molar-refractivity contribution in [2.24, 2.45) is 0 Å². The van der Waals surface area contributed by atoms with Crippen LogP contribution in [0.15, 0.2) is 23.1 Å². The third-order valence-electron chi connectivity index (χ3n) is 4.32. The minimum absolute atomic E-state index is 0.381. The predicted octanol–water partition coefficient (Wildman–Crippen LogP) is 1.23. The third-order valence-corrected chi connectivity index (χ3v) is 4.32. The van der Waals surface area contributed by atoms with E-state index >= 15 is 0 Å². The van der Waals surface area contributed by atoms with Crippen LogP contribution in [0.25, 0.3) is 0 Å². The highest BCUT2D eigenvalue weighted by molar-refractivity contribution is 5.76. The van der Waals surface area contributed by atoms with Crippen molar-refractivity contribution in [3.63, 3.8) is 0 Å². The average molecular weight is 346 g/mol. The van der Waals surface area contributed by atoms with Gasteiger partial charge in [-0.2, -0.15) is 13.2 Å². The summed E-state index contributed by atoms with van der Waals surface area (Å²) >= 11 is 0. The Kier molecular flexibility index (Phi) is 4.39. The number of alkyl halides is 3. The molecule has 6 nitrogen and oxygen atoms in total. The monoisotopic (exact) mass is 346 g/mol. The lowest BCUT2D eigenvalue weighted by Crippen LogP contribution is -2.48. The summed E-state index contributed by atoms with van der Waals surface area (Å²) in [6, 6.07) is 1.83. The zero-order chi connectivity index (χ0) is 17.4. The number of halogens is 3. The normalized spacial score (nSPS) is 20.5. The van der Waals surface area contributed by atoms with Crippen LogP contribution in [0.1, 0.15) is 18.4 Å². The van der Waals surface area contributed by atoms with Crippen LogP contribution in [-0.4, -0.2) is 47.5 Å². The Bertz CT molecular complexity index is 670. The fraction of sp³-hybridized carbons (Fsp3) is 0.600. The predicted molar refractivity (Wildman–Crippen MR) is 76.2 cm³/mol. The van der Waals surface area contributed by atoms with Gasteiger partial charge in [0.1, 0.15) is 12.1 Å². The number of carbonyl (C=O) groups excluding carboxylic acids is 1. The number of hydrogen-bond acceptors (Lipinski definition) is 4. The number of pyridine rings is 1. The van der Waals surface area contributed by atoms with Gasteiger partial charge in [-0.05, 0) is 12.1 Å². The number of hydrogen-bond donors (Lipinski definition) is 0. The van der Waals surface area contributed by atoms with Crippen LogP contribution in [-0.2, 0) is 27.0 Å². The molecule has 0 aromatic carbocycles. The lowest BCUT2D eigenvalue weighted by atomic mass is 10.0. The van der Waals surface area contributed by atoms with Gasteiger partial charge in [0.15, 0.2) is 5.79 Å². The highest BCUT2D eigenvalue weighted by atomic mass is 19.4. The molecule has 0 saturated carbocycles. The molecular weight excluding hydrogens is 329 g/mol. The van der Waals surface area contributed by atoms with Crippen molar-refractivity contribution in [3.05, 3.63) is 34.2 Å². The fourth-order valence-corrected chi connectivity index (χ4v) is 3.01. The Balaban J connectivity index is 1.67. The van der Waals surface area contributed by atoms with Crippen LogP contribution < -0.4 is 5.56 Å². The van der Waals surface area contributed by atoms with Crippen LogP contribution in [0.5, 0.6) is 0 Å². The van der Waals surface area contributed by atoms with E-state index in [2.05, 4.69) is 0 Å². The van der Waals surface area contributed by atoms with Crippen molar-refractivity contribution in [1.29, 1.82) is 0 Å². The molecule has 1 amide bonds. The standard InChI is InChI=1S/C15H17F3N2O4/c16-15(17,18)11-2-1-5-20(13(11)22)10-12(21)19-6-3-14(4-7-19)23-8-9-24-14/h1-2,5H,3-4,6-10H2. The smallest absolute Gasteiger partial charge is 0.347 e. The van der Waals surface area contributed by atoms with Gasteiger partial charge < -0.3 is 18.9 Å². The van der Waals surface area contributed by atoms with Gasteiger partial charge in [-0.25, -0.2) is 0 Å². The van der Waals surface area contributed by atoms with Gasteiger partial charge >= 0.3 is 6.18 Å². The Morgan fingerprint density at radius 1 is 1.21 bits per heavy atom. The third kappa shape index (κ3) is 3.32. The number of carbonyl (C=O) groups is 1. The molecule has 0 radical (unpaired) electrons. The van der Waals surface area contributed by atoms with Crippen molar-refractivity contribution in [2.75, 3.05) is 26.3 Å². The minimum atomic E-state index is -4.74. The molecule has 3 rings (SSSR count). The van der Waals surface area contributed by atoms with E-state index in [-0.39, 0.29) is 0 Å². The highest BCUT2D eigenvalue weighted by Crippen LogP contribution is 2.31. The Hall–Kier alpha value is -1.87. The molecule has 2 aliphatic rings. The van der Waals surface area contributed by atoms with Gasteiger partial charge in [-0.3, -0.25) is 9.59 Å². The van der Waals surface area contributed by atoms with E-state index in [4.69, 9.17) is 9.47 Å². The van der Waals surface area contributed by atoms with Gasteiger partial charge in [-0.1, -0.05) is 0 Å². The van der Waals surface area contributed by atoms with Crippen molar-refractivity contribution in [3.8, 4) is 0 Å². The van der Waals surface area contributed by atoms with Crippen LogP contribution in [0.3, 0.4) is 0 Å². The first kappa shape index (κ1) is 17.0. The molecule has 9 heteroatoms. The van der Waals surface area contributed by atoms with Gasteiger partial charge in [0.25, 0.3) is 5.56 Å². The summed E-state index contributed by atoms with van der Waals surface area (Å²) in [5, 5.41) is 0. The lowest BCUT2D eigenvalue weighted by molar-refractivity contribution is -0.187. The summed E-state index contributed by atoms with van der Waals surface area (Å²) in [5.41, 5.74) is -2.49. The van der Waals surface area contributed by atoms with Crippen LogP contribution in [0.2, 0.25) is 0 Å². The molecular formula is C15H17F3N2O4. The summed E-state index contributed by atoms with van der Waals surface area (Å²) in [6.45, 7) is 1.39. The summed E-state index contributed by atoms with van der Waals surface area (Å²) in [7, 11) is 0. The number of amides is 1. The zero-order valence-electron chi connectivity index (χ0n) is 12.8. The second kappa shape index (κ2) is 6.21. The van der Waals surface area contributed by atoms with Crippen molar-refractivity contribution in [1.82, 2.24) is 9.47 Å². The topological polar surface area (TPSA) is 60.8 Å². The van der Waals surface area contributed by atoms with Crippen LogP contribution in [0.4, 0.5) is 13.2 Å². The number of piperidine rings is 1. The summed E-state index contributed by atoms with van der Waals surface area (Å²) < 4.78 is 50.2. The molecule has 0 N–H and O–H groups in total. The van der Waals surface area contributed by atoms with Crippen molar-refractivity contribution in [2.45, 2.75) is 31.3 Å². The maximum Gasteiger partial charge on any atom is 0.421 e. The molecule has 132 valence electrons. The maximum absolute atomic E-state index is 12.8. The Morgan fingerprint density at radius 3 is 2.42 bits per heavy atom. The van der Waals surface area contributed by atoms with E-state index < -0.39 is 35.5 Å². The number of nitrogens with zero attached hydrogens (tertiary/aromatic N) is 2. The first-order chi connectivity index (χ1) is 11.3. The van der Waals surface area contributed by atoms with E-state index in [0.29, 0.717) is 45.2 Å². The van der Waals surface area contributed by atoms with E-state index in [0.717, 1.165) is 10.6 Å². The summed E-state index contributed by atoms with van der Waals surface area (Å²) in [6.07, 6.45) is -2.53. The maximum atomic E-state index is 12.8. The molecule has 24 heavy (non-hydrogen) atoms. The minimum Gasteiger partial charge on any atom is -0.347 e. The quantitative estimate of drug-likeness (QED) is 0.808. The second-order valence-electron chi connectivity index (χ2n) is 5.84. The van der Waals surface area contributed by atoms with Crippen molar-refractivity contribution < 1.29 is 27.4 Å². The molecule has 2 fully saturated rings. The largest absolute Gasteiger partial charge is 0.421 e. The molecule has 0 unspecified atom stereocenters. The zero-order valence-corrected chi connectivity index (χ0v) is 12.8. The molecule has 0 bridgehead atoms. The number of rotatable bonds is 2. The number of ether oxygens (including phenoxy) is 2. The average Bonchev–Trinajstić information content (AvgIpc) is 2.97. The van der Waals surface area contributed by atoms with Gasteiger partial charge in [0.2, 0.25) is 5.91 Å². The fourth-order valence-electron chi connectivity index (χ4n) is 3.01. The first-order valence-corrected chi connectivity index (χ1v) is 7.63. The number of likely N-dealkylation sites (tertiary alicyclic amines) is 1. The van der Waals surface area contributed by atoms with E-state index in [1.807, 2.05) is 0 Å². The van der Waals surface area contributed by atoms with E-state index in [1.165, 1.54) is 11.1 Å². The molecule has 0 atom stereocenters. The van der Waals surface area contributed by atoms with E-state index in [9.17, 15) is 22.8 Å². The SMILES string of the molecule is O=C(Cn1cccc(C(F)(F)F)c1=O)N1CCC2(CC1)OCCO2. The lowest BCUT2D eigenvalue weighted by Gasteiger charge is -2.37. The molecule has 2 saturated heterocycles. The molecule has 0 aliphatic carbocycles. The van der Waals surface area contributed by atoms with Gasteiger partial charge in [0.05, 0.1) is 13.2 Å². The van der Waals surface area contributed by atoms with Gasteiger partial charge in [0, 0.05) is 32.1 Å². The Labute approximate surface area is 135 Å². The van der Waals surface area contributed by atoms with Crippen LogP contribution in [0, 0.1) is 0 Å².